The van der Waals surface area contributed by atoms with Crippen LogP contribution in [-0.4, -0.2) is 24.3 Å². The van der Waals surface area contributed by atoms with Gasteiger partial charge >= 0.3 is 0 Å². The number of carbonyl (C=O) groups excluding carboxylic acids is 2. The van der Waals surface area contributed by atoms with E-state index in [2.05, 4.69) is 0 Å². The van der Waals surface area contributed by atoms with Crippen LogP contribution in [0.15, 0.2) is 12.2 Å². The summed E-state index contributed by atoms with van der Waals surface area (Å²) in [5, 5.41) is 0. The predicted octanol–water partition coefficient (Wildman–Crippen LogP) is 0.0979. The van der Waals surface area contributed by atoms with Crippen molar-refractivity contribution in [2.45, 2.75) is 18.6 Å². The number of ketones is 1. The highest BCUT2D eigenvalue weighted by atomic mass is 16.5. The summed E-state index contributed by atoms with van der Waals surface area (Å²) in [5.41, 5.74) is 0. The average Bonchev–Trinajstić information content (AvgIpc) is 2.37. The van der Waals surface area contributed by atoms with Gasteiger partial charge in [-0.2, -0.15) is 0 Å². The minimum absolute atomic E-state index is 0.00870. The first-order valence-electron chi connectivity index (χ1n) is 3.64. The van der Waals surface area contributed by atoms with Crippen molar-refractivity contribution in [3.8, 4) is 0 Å². The molecule has 0 aromatic rings. The van der Waals surface area contributed by atoms with Gasteiger partial charge in [-0.3, -0.25) is 4.79 Å². The van der Waals surface area contributed by atoms with E-state index in [1.165, 1.54) is 6.08 Å². The molecule has 2 bridgehead atoms. The van der Waals surface area contributed by atoms with Crippen LogP contribution < -0.4 is 0 Å². The van der Waals surface area contributed by atoms with Gasteiger partial charge in [0, 0.05) is 5.92 Å². The van der Waals surface area contributed by atoms with E-state index in [1.807, 2.05) is 0 Å². The minimum atomic E-state index is -0.347. The molecule has 0 aliphatic carbocycles. The zero-order valence-corrected chi connectivity index (χ0v) is 5.90. The monoisotopic (exact) mass is 152 g/mol. The largest absolute Gasteiger partial charge is 0.362 e. The lowest BCUT2D eigenvalue weighted by Crippen LogP contribution is -2.23. The van der Waals surface area contributed by atoms with E-state index in [1.54, 1.807) is 6.08 Å². The molecule has 2 aliphatic rings. The van der Waals surface area contributed by atoms with Crippen molar-refractivity contribution in [3.63, 3.8) is 0 Å². The Bertz CT molecular complexity index is 231. The molecule has 3 nitrogen and oxygen atoms in total. The smallest absolute Gasteiger partial charge is 0.184 e. The number of ether oxygens (including phenoxy) is 1. The number of fused-ring (bicyclic) bond motifs is 2. The molecule has 2 heterocycles. The molecule has 2 rings (SSSR count). The van der Waals surface area contributed by atoms with Crippen LogP contribution in [-0.2, 0) is 14.3 Å². The van der Waals surface area contributed by atoms with Gasteiger partial charge in [-0.1, -0.05) is 6.08 Å². The normalized spacial score (nSPS) is 41.1. The summed E-state index contributed by atoms with van der Waals surface area (Å²) >= 11 is 0. The molecule has 0 saturated carbocycles. The van der Waals surface area contributed by atoms with Gasteiger partial charge in [0.2, 0.25) is 0 Å². The van der Waals surface area contributed by atoms with E-state index in [-0.39, 0.29) is 23.9 Å². The second-order valence-corrected chi connectivity index (χ2v) is 2.89. The van der Waals surface area contributed by atoms with Crippen molar-refractivity contribution in [2.24, 2.45) is 5.92 Å². The maximum Gasteiger partial charge on any atom is 0.184 e. The highest BCUT2D eigenvalue weighted by Crippen LogP contribution is 2.29. The number of rotatable bonds is 1. The van der Waals surface area contributed by atoms with Gasteiger partial charge in [0.25, 0.3) is 0 Å². The molecule has 0 aromatic heterocycles. The third-order valence-corrected chi connectivity index (χ3v) is 2.17. The molecular formula is C8H8O3. The summed E-state index contributed by atoms with van der Waals surface area (Å²) in [6.07, 6.45) is 4.12. The van der Waals surface area contributed by atoms with E-state index in [0.717, 1.165) is 6.29 Å². The standard InChI is InChI=1S/C8H8O3/c9-4-5-3-8-6(10)1-2-7(5)11-8/h1-2,4-5,7-8H,3H2/t5-,7-,8+/m0/s1. The van der Waals surface area contributed by atoms with Crippen molar-refractivity contribution in [1.29, 1.82) is 0 Å². The summed E-state index contributed by atoms with van der Waals surface area (Å²) < 4.78 is 5.25. The van der Waals surface area contributed by atoms with Crippen LogP contribution in [0.2, 0.25) is 0 Å². The third kappa shape index (κ3) is 0.922. The molecule has 2 aliphatic heterocycles. The zero-order chi connectivity index (χ0) is 7.84. The van der Waals surface area contributed by atoms with Crippen LogP contribution in [0.3, 0.4) is 0 Å². The quantitative estimate of drug-likeness (QED) is 0.500. The zero-order valence-electron chi connectivity index (χ0n) is 5.90. The van der Waals surface area contributed by atoms with Crippen LogP contribution in [0.1, 0.15) is 6.42 Å². The summed E-state index contributed by atoms with van der Waals surface area (Å²) in [6, 6.07) is 0. The Labute approximate surface area is 64.0 Å². The van der Waals surface area contributed by atoms with Crippen molar-refractivity contribution < 1.29 is 14.3 Å². The molecule has 0 N–H and O–H groups in total. The predicted molar refractivity (Wildman–Crippen MR) is 37.0 cm³/mol. The number of aldehydes is 1. The molecule has 0 spiro atoms. The SMILES string of the molecule is O=C[C@@H]1C[C@H]2O[C@H]1C=CC2=O. The molecule has 0 unspecified atom stereocenters. The molecule has 11 heavy (non-hydrogen) atoms. The number of hydrogen-bond acceptors (Lipinski definition) is 3. The summed E-state index contributed by atoms with van der Waals surface area (Å²) in [4.78, 5) is 21.4. The highest BCUT2D eigenvalue weighted by Gasteiger charge is 2.39. The molecule has 58 valence electrons. The first-order chi connectivity index (χ1) is 5.31. The van der Waals surface area contributed by atoms with Crippen LogP contribution in [0.25, 0.3) is 0 Å². The summed E-state index contributed by atoms with van der Waals surface area (Å²) in [7, 11) is 0. The van der Waals surface area contributed by atoms with Gasteiger partial charge in [0.05, 0.1) is 6.10 Å². The molecule has 3 atom stereocenters. The lowest BCUT2D eigenvalue weighted by atomic mass is 10.0. The maximum absolute atomic E-state index is 11.0. The Morgan fingerprint density at radius 2 is 2.45 bits per heavy atom. The van der Waals surface area contributed by atoms with Gasteiger partial charge in [0.1, 0.15) is 12.4 Å². The minimum Gasteiger partial charge on any atom is -0.362 e. The van der Waals surface area contributed by atoms with Gasteiger partial charge in [-0.25, -0.2) is 0 Å². The highest BCUT2D eigenvalue weighted by molar-refractivity contribution is 5.95. The van der Waals surface area contributed by atoms with Gasteiger partial charge in [-0.05, 0) is 12.5 Å². The second kappa shape index (κ2) is 2.27. The molecule has 1 saturated heterocycles. The van der Waals surface area contributed by atoms with Crippen LogP contribution in [0.5, 0.6) is 0 Å². The van der Waals surface area contributed by atoms with E-state index in [9.17, 15) is 9.59 Å². The van der Waals surface area contributed by atoms with Crippen molar-refractivity contribution in [2.75, 3.05) is 0 Å². The summed E-state index contributed by atoms with van der Waals surface area (Å²) in [6.45, 7) is 0. The summed E-state index contributed by atoms with van der Waals surface area (Å²) in [5.74, 6) is -0.117. The van der Waals surface area contributed by atoms with E-state index in [0.29, 0.717) is 6.42 Å². The molecule has 0 radical (unpaired) electrons. The Morgan fingerprint density at radius 1 is 1.64 bits per heavy atom. The van der Waals surface area contributed by atoms with Crippen molar-refractivity contribution >= 4 is 12.1 Å². The van der Waals surface area contributed by atoms with Crippen LogP contribution in [0, 0.1) is 5.92 Å². The Morgan fingerprint density at radius 3 is 3.09 bits per heavy atom. The van der Waals surface area contributed by atoms with E-state index >= 15 is 0 Å². The van der Waals surface area contributed by atoms with E-state index in [4.69, 9.17) is 4.74 Å². The van der Waals surface area contributed by atoms with Crippen LogP contribution >= 0.6 is 0 Å². The van der Waals surface area contributed by atoms with Crippen molar-refractivity contribution in [3.05, 3.63) is 12.2 Å². The maximum atomic E-state index is 11.0. The first-order valence-corrected chi connectivity index (χ1v) is 3.64. The Kier molecular flexibility index (Phi) is 1.39. The van der Waals surface area contributed by atoms with E-state index < -0.39 is 0 Å². The topological polar surface area (TPSA) is 43.4 Å². The lowest BCUT2D eigenvalue weighted by Gasteiger charge is -2.12. The molecule has 0 aromatic carbocycles. The molecule has 3 heteroatoms. The fraction of sp³-hybridized carbons (Fsp3) is 0.500. The van der Waals surface area contributed by atoms with Crippen LogP contribution in [0.4, 0.5) is 0 Å². The third-order valence-electron chi connectivity index (χ3n) is 2.17. The molecule has 1 fully saturated rings. The van der Waals surface area contributed by atoms with Gasteiger partial charge in [-0.15, -0.1) is 0 Å². The fourth-order valence-corrected chi connectivity index (χ4v) is 1.53. The van der Waals surface area contributed by atoms with Crippen molar-refractivity contribution in [1.82, 2.24) is 0 Å². The van der Waals surface area contributed by atoms with Gasteiger partial charge in [0.15, 0.2) is 5.78 Å². The van der Waals surface area contributed by atoms with Gasteiger partial charge < -0.3 is 9.53 Å². The second-order valence-electron chi connectivity index (χ2n) is 2.89. The Hall–Kier alpha value is -0.960. The first kappa shape index (κ1) is 6.73. The molecular weight excluding hydrogens is 144 g/mol. The number of carbonyl (C=O) groups is 2. The average molecular weight is 152 g/mol. The Balaban J connectivity index is 2.25. The fourth-order valence-electron chi connectivity index (χ4n) is 1.53. The molecule has 0 amide bonds. The number of hydrogen-bond donors (Lipinski definition) is 0. The lowest BCUT2D eigenvalue weighted by molar-refractivity contribution is -0.125.